The number of carbonyl (C=O) groups excluding carboxylic acids is 2. The van der Waals surface area contributed by atoms with E-state index in [1.54, 1.807) is 17.2 Å². The number of rotatable bonds is 4. The molecule has 2 aromatic rings. The summed E-state index contributed by atoms with van der Waals surface area (Å²) in [5.41, 5.74) is 3.67. The fourth-order valence-electron chi connectivity index (χ4n) is 4.22. The zero-order valence-electron chi connectivity index (χ0n) is 17.8. The van der Waals surface area contributed by atoms with Gasteiger partial charge in [-0.3, -0.25) is 9.59 Å². The second kappa shape index (κ2) is 9.12. The number of nitrogens with zero attached hydrogens (tertiary/aromatic N) is 3. The lowest BCUT2D eigenvalue weighted by Gasteiger charge is -2.35. The van der Waals surface area contributed by atoms with Gasteiger partial charge in [0.2, 0.25) is 11.8 Å². The lowest BCUT2D eigenvalue weighted by molar-refractivity contribution is -0.129. The molecule has 2 amide bonds. The molecule has 31 heavy (non-hydrogen) atoms. The molecular weight excluding hydrogens is 412 g/mol. The molecule has 162 valence electrons. The summed E-state index contributed by atoms with van der Waals surface area (Å²) >= 11 is 6.25. The first kappa shape index (κ1) is 21.4. The molecule has 0 saturated carbocycles. The Bertz CT molecular complexity index is 1010. The Balaban J connectivity index is 1.55. The zero-order chi connectivity index (χ0) is 22.0. The molecule has 0 spiro atoms. The minimum absolute atomic E-state index is 0.0931. The van der Waals surface area contributed by atoms with Gasteiger partial charge < -0.3 is 20.0 Å². The van der Waals surface area contributed by atoms with Crippen LogP contribution in [0, 0.1) is 0 Å². The molecule has 1 N–H and O–H groups in total. The van der Waals surface area contributed by atoms with E-state index < -0.39 is 0 Å². The standard InChI is InChI=1S/C24H27ClN4O2/c1-17(30)29-10-9-18-5-3-4-6-20(18)23(29)16-24(31)26-21-15-19(25)7-8-22(21)28-13-11-27(2)12-14-28/h3-10,15,23H,11-14,16H2,1-2H3,(H,26,31)/t23-/m1/s1. The molecule has 4 rings (SSSR count). The molecule has 1 atom stereocenters. The number of hydrogen-bond acceptors (Lipinski definition) is 4. The molecule has 2 aromatic carbocycles. The van der Waals surface area contributed by atoms with Crippen LogP contribution in [0.5, 0.6) is 0 Å². The molecular formula is C24H27ClN4O2. The Morgan fingerprint density at radius 1 is 1.10 bits per heavy atom. The number of hydrogen-bond donors (Lipinski definition) is 1. The Labute approximate surface area is 188 Å². The molecule has 1 fully saturated rings. The van der Waals surface area contributed by atoms with Crippen molar-refractivity contribution in [1.29, 1.82) is 0 Å². The number of nitrogens with one attached hydrogen (secondary N) is 1. The number of piperazine rings is 1. The number of fused-ring (bicyclic) bond motifs is 1. The van der Waals surface area contributed by atoms with E-state index in [2.05, 4.69) is 22.2 Å². The zero-order valence-corrected chi connectivity index (χ0v) is 18.6. The maximum Gasteiger partial charge on any atom is 0.226 e. The Morgan fingerprint density at radius 2 is 1.84 bits per heavy atom. The van der Waals surface area contributed by atoms with Crippen LogP contribution >= 0.6 is 11.6 Å². The van der Waals surface area contributed by atoms with Crippen LogP contribution in [-0.4, -0.2) is 54.8 Å². The van der Waals surface area contributed by atoms with Crippen LogP contribution in [0.3, 0.4) is 0 Å². The molecule has 2 aliphatic rings. The van der Waals surface area contributed by atoms with E-state index in [1.807, 2.05) is 42.5 Å². The van der Waals surface area contributed by atoms with E-state index in [1.165, 1.54) is 6.92 Å². The highest BCUT2D eigenvalue weighted by Crippen LogP contribution is 2.34. The molecule has 0 aromatic heterocycles. The SMILES string of the molecule is CC(=O)N1C=Cc2ccccc2[C@H]1CC(=O)Nc1cc(Cl)ccc1N1CCN(C)CC1. The van der Waals surface area contributed by atoms with Crippen molar-refractivity contribution in [3.63, 3.8) is 0 Å². The predicted molar refractivity (Wildman–Crippen MR) is 125 cm³/mol. The smallest absolute Gasteiger partial charge is 0.226 e. The van der Waals surface area contributed by atoms with E-state index in [4.69, 9.17) is 11.6 Å². The summed E-state index contributed by atoms with van der Waals surface area (Å²) in [6.45, 7) is 5.23. The van der Waals surface area contributed by atoms with Crippen molar-refractivity contribution in [2.45, 2.75) is 19.4 Å². The Hall–Kier alpha value is -2.83. The van der Waals surface area contributed by atoms with E-state index in [-0.39, 0.29) is 24.3 Å². The van der Waals surface area contributed by atoms with Gasteiger partial charge in [-0.05, 0) is 42.4 Å². The maximum absolute atomic E-state index is 13.1. The number of carbonyl (C=O) groups is 2. The predicted octanol–water partition coefficient (Wildman–Crippen LogP) is 3.99. The summed E-state index contributed by atoms with van der Waals surface area (Å²) in [5.74, 6) is -0.247. The number of benzene rings is 2. The van der Waals surface area contributed by atoms with Crippen molar-refractivity contribution in [2.24, 2.45) is 0 Å². The number of amides is 2. The average Bonchev–Trinajstić information content (AvgIpc) is 2.74. The quantitative estimate of drug-likeness (QED) is 0.784. The van der Waals surface area contributed by atoms with Gasteiger partial charge in [-0.25, -0.2) is 0 Å². The molecule has 0 radical (unpaired) electrons. The molecule has 2 aliphatic heterocycles. The minimum Gasteiger partial charge on any atom is -0.367 e. The van der Waals surface area contributed by atoms with Gasteiger partial charge in [0.05, 0.1) is 23.8 Å². The largest absolute Gasteiger partial charge is 0.367 e. The summed E-state index contributed by atoms with van der Waals surface area (Å²) in [4.78, 5) is 31.5. The first-order chi connectivity index (χ1) is 14.9. The maximum atomic E-state index is 13.1. The molecule has 7 heteroatoms. The summed E-state index contributed by atoms with van der Waals surface area (Å²) in [6.07, 6.45) is 3.83. The molecule has 0 aliphatic carbocycles. The van der Waals surface area contributed by atoms with Gasteiger partial charge in [-0.2, -0.15) is 0 Å². The van der Waals surface area contributed by atoms with Crippen molar-refractivity contribution >= 4 is 40.9 Å². The molecule has 1 saturated heterocycles. The third kappa shape index (κ3) is 4.75. The highest BCUT2D eigenvalue weighted by atomic mass is 35.5. The Kier molecular flexibility index (Phi) is 6.30. The van der Waals surface area contributed by atoms with Gasteiger partial charge in [-0.1, -0.05) is 35.9 Å². The highest BCUT2D eigenvalue weighted by Gasteiger charge is 2.28. The van der Waals surface area contributed by atoms with Crippen molar-refractivity contribution in [1.82, 2.24) is 9.80 Å². The fourth-order valence-corrected chi connectivity index (χ4v) is 4.39. The van der Waals surface area contributed by atoms with E-state index in [0.717, 1.165) is 43.0 Å². The van der Waals surface area contributed by atoms with Gasteiger partial charge in [-0.15, -0.1) is 0 Å². The molecule has 6 nitrogen and oxygen atoms in total. The average molecular weight is 439 g/mol. The van der Waals surface area contributed by atoms with Crippen LogP contribution in [0.25, 0.3) is 6.08 Å². The van der Waals surface area contributed by atoms with Crippen LogP contribution in [0.15, 0.2) is 48.7 Å². The first-order valence-electron chi connectivity index (χ1n) is 10.5. The first-order valence-corrected chi connectivity index (χ1v) is 10.9. The van der Waals surface area contributed by atoms with E-state index >= 15 is 0 Å². The summed E-state index contributed by atoms with van der Waals surface area (Å²) in [7, 11) is 2.11. The highest BCUT2D eigenvalue weighted by molar-refractivity contribution is 6.31. The van der Waals surface area contributed by atoms with Crippen molar-refractivity contribution < 1.29 is 9.59 Å². The molecule has 0 bridgehead atoms. The van der Waals surface area contributed by atoms with Crippen molar-refractivity contribution in [3.8, 4) is 0 Å². The van der Waals surface area contributed by atoms with Gasteiger partial charge in [0, 0.05) is 44.3 Å². The van der Waals surface area contributed by atoms with Crippen LogP contribution in [0.2, 0.25) is 5.02 Å². The molecule has 0 unspecified atom stereocenters. The van der Waals surface area contributed by atoms with Crippen molar-refractivity contribution in [3.05, 3.63) is 64.8 Å². The van der Waals surface area contributed by atoms with Gasteiger partial charge in [0.25, 0.3) is 0 Å². The lowest BCUT2D eigenvalue weighted by atomic mass is 9.93. The van der Waals surface area contributed by atoms with E-state index in [9.17, 15) is 9.59 Å². The number of halogens is 1. The minimum atomic E-state index is -0.343. The van der Waals surface area contributed by atoms with Crippen LogP contribution in [0.1, 0.15) is 30.5 Å². The topological polar surface area (TPSA) is 55.9 Å². The van der Waals surface area contributed by atoms with Gasteiger partial charge >= 0.3 is 0 Å². The van der Waals surface area contributed by atoms with Crippen LogP contribution in [-0.2, 0) is 9.59 Å². The van der Waals surface area contributed by atoms with E-state index in [0.29, 0.717) is 10.7 Å². The lowest BCUT2D eigenvalue weighted by Crippen LogP contribution is -2.44. The van der Waals surface area contributed by atoms with Crippen LogP contribution < -0.4 is 10.2 Å². The summed E-state index contributed by atoms with van der Waals surface area (Å²) in [5, 5.41) is 3.63. The fraction of sp³-hybridized carbons (Fsp3) is 0.333. The van der Waals surface area contributed by atoms with Gasteiger partial charge in [0.1, 0.15) is 0 Å². The van der Waals surface area contributed by atoms with Crippen LogP contribution in [0.4, 0.5) is 11.4 Å². The summed E-state index contributed by atoms with van der Waals surface area (Å²) < 4.78 is 0. The third-order valence-corrected chi connectivity index (χ3v) is 6.16. The monoisotopic (exact) mass is 438 g/mol. The Morgan fingerprint density at radius 3 is 2.58 bits per heavy atom. The number of likely N-dealkylation sites (N-methyl/N-ethyl adjacent to an activating group) is 1. The normalized spacial score (nSPS) is 18.6. The van der Waals surface area contributed by atoms with Crippen molar-refractivity contribution in [2.75, 3.05) is 43.4 Å². The molecule has 2 heterocycles. The summed E-state index contributed by atoms with van der Waals surface area (Å²) in [6, 6.07) is 13.1. The number of anilines is 2. The second-order valence-corrected chi connectivity index (χ2v) is 8.53. The third-order valence-electron chi connectivity index (χ3n) is 5.92. The second-order valence-electron chi connectivity index (χ2n) is 8.09. The van der Waals surface area contributed by atoms with Gasteiger partial charge in [0.15, 0.2) is 0 Å².